The minimum absolute atomic E-state index is 0.00551. The Morgan fingerprint density at radius 1 is 1.50 bits per heavy atom. The maximum atomic E-state index is 10.4. The van der Waals surface area contributed by atoms with Gasteiger partial charge in [-0.15, -0.1) is 11.8 Å². The average molecular weight is 215 g/mol. The number of aliphatic hydroxyl groups excluding tert-OH is 1. The molecule has 5 nitrogen and oxygen atoms in total. The standard InChI is InChI=1S/C8H9NO4S/c10-3-4-14-8-5-6(9(12)13)1-2-7(8)11/h1-2,5,10-11H,3-4H2. The summed E-state index contributed by atoms with van der Waals surface area (Å²) in [7, 11) is 0. The highest BCUT2D eigenvalue weighted by Crippen LogP contribution is 2.31. The van der Waals surface area contributed by atoms with Crippen molar-refractivity contribution in [3.05, 3.63) is 28.3 Å². The van der Waals surface area contributed by atoms with Gasteiger partial charge in [0, 0.05) is 17.9 Å². The van der Waals surface area contributed by atoms with E-state index in [1.807, 2.05) is 0 Å². The van der Waals surface area contributed by atoms with E-state index < -0.39 is 4.92 Å². The van der Waals surface area contributed by atoms with Crippen LogP contribution in [0.5, 0.6) is 5.75 Å². The van der Waals surface area contributed by atoms with Crippen molar-refractivity contribution < 1.29 is 15.1 Å². The van der Waals surface area contributed by atoms with Gasteiger partial charge in [-0.1, -0.05) is 0 Å². The molecule has 0 aromatic heterocycles. The third kappa shape index (κ3) is 2.61. The summed E-state index contributed by atoms with van der Waals surface area (Å²) in [5.74, 6) is 0.392. The lowest BCUT2D eigenvalue weighted by atomic mass is 10.3. The Kier molecular flexibility index (Phi) is 3.73. The molecule has 0 bridgehead atoms. The number of thioether (sulfide) groups is 1. The largest absolute Gasteiger partial charge is 0.507 e. The van der Waals surface area contributed by atoms with Gasteiger partial charge in [0.25, 0.3) is 5.69 Å². The van der Waals surface area contributed by atoms with E-state index in [2.05, 4.69) is 0 Å². The molecule has 76 valence electrons. The second-order valence-electron chi connectivity index (χ2n) is 2.48. The van der Waals surface area contributed by atoms with E-state index in [0.29, 0.717) is 10.6 Å². The molecule has 0 saturated carbocycles. The average Bonchev–Trinajstić information content (AvgIpc) is 2.16. The first-order valence-corrected chi connectivity index (χ1v) is 4.85. The number of hydrogen-bond acceptors (Lipinski definition) is 5. The zero-order valence-corrected chi connectivity index (χ0v) is 8.03. The molecule has 2 N–H and O–H groups in total. The number of benzene rings is 1. The first-order valence-electron chi connectivity index (χ1n) is 3.86. The Bertz CT molecular complexity index is 342. The number of nitrogens with zero attached hydrogens (tertiary/aromatic N) is 1. The summed E-state index contributed by atoms with van der Waals surface area (Å²) in [6.45, 7) is -0.0349. The summed E-state index contributed by atoms with van der Waals surface area (Å²) in [6, 6.07) is 3.80. The van der Waals surface area contributed by atoms with Crippen LogP contribution in [0.3, 0.4) is 0 Å². The lowest BCUT2D eigenvalue weighted by molar-refractivity contribution is -0.385. The van der Waals surface area contributed by atoms with Gasteiger partial charge in [-0.3, -0.25) is 10.1 Å². The molecule has 0 unspecified atom stereocenters. The van der Waals surface area contributed by atoms with E-state index in [0.717, 1.165) is 0 Å². The third-order valence-electron chi connectivity index (χ3n) is 1.50. The minimum Gasteiger partial charge on any atom is -0.507 e. The molecule has 0 heterocycles. The number of phenols is 1. The van der Waals surface area contributed by atoms with Gasteiger partial charge in [0.05, 0.1) is 16.4 Å². The molecular weight excluding hydrogens is 206 g/mol. The van der Waals surface area contributed by atoms with Crippen LogP contribution in [-0.2, 0) is 0 Å². The third-order valence-corrected chi connectivity index (χ3v) is 2.53. The molecule has 0 fully saturated rings. The fourth-order valence-corrected chi connectivity index (χ4v) is 1.62. The summed E-state index contributed by atoms with van der Waals surface area (Å²) in [5.41, 5.74) is -0.0664. The molecule has 0 aliphatic carbocycles. The number of aromatic hydroxyl groups is 1. The smallest absolute Gasteiger partial charge is 0.270 e. The molecule has 14 heavy (non-hydrogen) atoms. The second kappa shape index (κ2) is 4.83. The predicted octanol–water partition coefficient (Wildman–Crippen LogP) is 1.38. The number of phenolic OH excluding ortho intramolecular Hbond substituents is 1. The fourth-order valence-electron chi connectivity index (χ4n) is 0.888. The van der Waals surface area contributed by atoms with Crippen LogP contribution in [0.2, 0.25) is 0 Å². The van der Waals surface area contributed by atoms with Crippen molar-refractivity contribution in [1.82, 2.24) is 0 Å². The molecule has 0 amide bonds. The van der Waals surface area contributed by atoms with Gasteiger partial charge < -0.3 is 10.2 Å². The van der Waals surface area contributed by atoms with Crippen molar-refractivity contribution in [2.24, 2.45) is 0 Å². The molecule has 1 rings (SSSR count). The maximum absolute atomic E-state index is 10.4. The van der Waals surface area contributed by atoms with E-state index in [9.17, 15) is 15.2 Å². The summed E-state index contributed by atoms with van der Waals surface area (Å²) in [6.07, 6.45) is 0. The summed E-state index contributed by atoms with van der Waals surface area (Å²) < 4.78 is 0. The molecule has 0 aliphatic rings. The van der Waals surface area contributed by atoms with Crippen LogP contribution >= 0.6 is 11.8 Å². The molecule has 6 heteroatoms. The summed E-state index contributed by atoms with van der Waals surface area (Å²) in [5, 5.41) is 28.3. The number of nitro benzene ring substituents is 1. The van der Waals surface area contributed by atoms with Crippen molar-refractivity contribution in [3.8, 4) is 5.75 Å². The second-order valence-corrected chi connectivity index (χ2v) is 3.62. The quantitative estimate of drug-likeness (QED) is 0.450. The Hall–Kier alpha value is -1.27. The molecule has 0 spiro atoms. The van der Waals surface area contributed by atoms with Crippen LogP contribution in [0.15, 0.2) is 23.1 Å². The lowest BCUT2D eigenvalue weighted by Crippen LogP contribution is -1.90. The number of nitro groups is 1. The molecular formula is C8H9NO4S. The van der Waals surface area contributed by atoms with Crippen LogP contribution in [0, 0.1) is 10.1 Å². The number of rotatable bonds is 4. The maximum Gasteiger partial charge on any atom is 0.270 e. The Morgan fingerprint density at radius 2 is 2.21 bits per heavy atom. The van der Waals surface area contributed by atoms with Crippen molar-refractivity contribution in [3.63, 3.8) is 0 Å². The van der Waals surface area contributed by atoms with E-state index in [1.54, 1.807) is 0 Å². The zero-order valence-electron chi connectivity index (χ0n) is 7.21. The number of aliphatic hydroxyl groups is 1. The fraction of sp³-hybridized carbons (Fsp3) is 0.250. The Labute approximate surface area is 84.5 Å². The topological polar surface area (TPSA) is 83.6 Å². The molecule has 0 radical (unpaired) electrons. The molecule has 0 aliphatic heterocycles. The van der Waals surface area contributed by atoms with Crippen LogP contribution in [0.25, 0.3) is 0 Å². The highest BCUT2D eigenvalue weighted by Gasteiger charge is 2.09. The predicted molar refractivity (Wildman–Crippen MR) is 52.6 cm³/mol. The molecule has 0 atom stereocenters. The monoisotopic (exact) mass is 215 g/mol. The number of hydrogen-bond donors (Lipinski definition) is 2. The first kappa shape index (κ1) is 10.8. The van der Waals surface area contributed by atoms with Crippen LogP contribution in [-0.4, -0.2) is 27.5 Å². The highest BCUT2D eigenvalue weighted by atomic mass is 32.2. The van der Waals surface area contributed by atoms with E-state index >= 15 is 0 Å². The molecule has 1 aromatic rings. The van der Waals surface area contributed by atoms with E-state index in [-0.39, 0.29) is 18.0 Å². The van der Waals surface area contributed by atoms with Crippen LogP contribution < -0.4 is 0 Å². The Morgan fingerprint density at radius 3 is 2.79 bits per heavy atom. The van der Waals surface area contributed by atoms with Crippen LogP contribution in [0.4, 0.5) is 5.69 Å². The van der Waals surface area contributed by atoms with Crippen LogP contribution in [0.1, 0.15) is 0 Å². The normalized spacial score (nSPS) is 10.1. The van der Waals surface area contributed by atoms with Gasteiger partial charge in [-0.25, -0.2) is 0 Å². The molecule has 1 aromatic carbocycles. The van der Waals surface area contributed by atoms with Gasteiger partial charge in [0.1, 0.15) is 5.75 Å². The SMILES string of the molecule is O=[N+]([O-])c1ccc(O)c(SCCO)c1. The summed E-state index contributed by atoms with van der Waals surface area (Å²) >= 11 is 1.17. The van der Waals surface area contributed by atoms with Gasteiger partial charge in [0.2, 0.25) is 0 Å². The minimum atomic E-state index is -0.525. The van der Waals surface area contributed by atoms with E-state index in [1.165, 1.54) is 30.0 Å². The first-order chi connectivity index (χ1) is 6.65. The van der Waals surface area contributed by atoms with Gasteiger partial charge in [0.15, 0.2) is 0 Å². The highest BCUT2D eigenvalue weighted by molar-refractivity contribution is 7.99. The lowest BCUT2D eigenvalue weighted by Gasteiger charge is -2.02. The van der Waals surface area contributed by atoms with Crippen molar-refractivity contribution in [1.29, 1.82) is 0 Å². The van der Waals surface area contributed by atoms with Crippen molar-refractivity contribution >= 4 is 17.4 Å². The zero-order chi connectivity index (χ0) is 10.6. The van der Waals surface area contributed by atoms with Crippen molar-refractivity contribution in [2.75, 3.05) is 12.4 Å². The number of non-ortho nitro benzene ring substituents is 1. The Balaban J connectivity index is 2.90. The summed E-state index contributed by atoms with van der Waals surface area (Å²) in [4.78, 5) is 10.3. The molecule has 0 saturated heterocycles. The van der Waals surface area contributed by atoms with Gasteiger partial charge in [-0.2, -0.15) is 0 Å². The van der Waals surface area contributed by atoms with Gasteiger partial charge in [-0.05, 0) is 6.07 Å². The van der Waals surface area contributed by atoms with Crippen molar-refractivity contribution in [2.45, 2.75) is 4.90 Å². The van der Waals surface area contributed by atoms with Gasteiger partial charge >= 0.3 is 0 Å². The van der Waals surface area contributed by atoms with E-state index in [4.69, 9.17) is 5.11 Å².